The molecule has 8 nitrogen and oxygen atoms in total. The van der Waals surface area contributed by atoms with Crippen molar-refractivity contribution in [3.8, 4) is 0 Å². The van der Waals surface area contributed by atoms with E-state index in [1.54, 1.807) is 14.1 Å². The van der Waals surface area contributed by atoms with E-state index in [2.05, 4.69) is 0 Å². The van der Waals surface area contributed by atoms with E-state index in [9.17, 15) is 18.0 Å². The van der Waals surface area contributed by atoms with Crippen LogP contribution in [0.4, 0.5) is 4.79 Å². The van der Waals surface area contributed by atoms with E-state index in [4.69, 9.17) is 5.11 Å². The van der Waals surface area contributed by atoms with Crippen LogP contribution in [0.5, 0.6) is 0 Å². The van der Waals surface area contributed by atoms with Gasteiger partial charge in [-0.3, -0.25) is 4.79 Å². The number of nitrogens with one attached hydrogen (secondary N) is 1. The highest BCUT2D eigenvalue weighted by molar-refractivity contribution is 7.88. The van der Waals surface area contributed by atoms with Crippen LogP contribution in [-0.2, 0) is 15.0 Å². The summed E-state index contributed by atoms with van der Waals surface area (Å²) in [6.07, 6.45) is 0.0964. The molecule has 1 saturated carbocycles. The molecule has 0 spiro atoms. The van der Waals surface area contributed by atoms with Crippen LogP contribution in [0.1, 0.15) is 19.3 Å². The molecule has 4 atom stereocenters. The number of hydrogen-bond donors (Lipinski definition) is 2. The standard InChI is InChI=1S/C10H17N3O5S/c1-12(2)9(14)6-3-4-7-8(5-6)13(7)19(17,18)11-10(15)16/h6-8,11H,3-5H2,1-2H3,(H,15,16)/t6-,7+,8-,13?/m0/s1. The van der Waals surface area contributed by atoms with Crippen LogP contribution in [0.2, 0.25) is 0 Å². The second-order valence-corrected chi connectivity index (χ2v) is 6.70. The van der Waals surface area contributed by atoms with Crippen LogP contribution in [0.25, 0.3) is 0 Å². The summed E-state index contributed by atoms with van der Waals surface area (Å²) < 4.78 is 26.1. The fourth-order valence-electron chi connectivity index (χ4n) is 2.78. The fourth-order valence-corrected chi connectivity index (χ4v) is 4.24. The topological polar surface area (TPSA) is 107 Å². The van der Waals surface area contributed by atoms with Gasteiger partial charge >= 0.3 is 16.3 Å². The van der Waals surface area contributed by atoms with Gasteiger partial charge in [0.2, 0.25) is 5.91 Å². The predicted octanol–water partition coefficient (Wildman–Crippen LogP) is -0.560. The number of fused-ring (bicyclic) bond motifs is 1. The van der Waals surface area contributed by atoms with Crippen molar-refractivity contribution >= 4 is 22.2 Å². The van der Waals surface area contributed by atoms with Crippen molar-refractivity contribution in [2.45, 2.75) is 31.3 Å². The molecule has 108 valence electrons. The quantitative estimate of drug-likeness (QED) is 0.678. The molecule has 0 radical (unpaired) electrons. The first-order chi connectivity index (χ1) is 8.74. The van der Waals surface area contributed by atoms with Crippen molar-refractivity contribution in [3.63, 3.8) is 0 Å². The molecule has 2 N–H and O–H groups in total. The monoisotopic (exact) mass is 291 g/mol. The van der Waals surface area contributed by atoms with Crippen LogP contribution in [0.3, 0.4) is 0 Å². The summed E-state index contributed by atoms with van der Waals surface area (Å²) in [6, 6.07) is -0.414. The second-order valence-electron chi connectivity index (χ2n) is 5.12. The number of carbonyl (C=O) groups is 2. The summed E-state index contributed by atoms with van der Waals surface area (Å²) in [5.74, 6) is -0.185. The summed E-state index contributed by atoms with van der Waals surface area (Å²) in [4.78, 5) is 23.8. The van der Waals surface area contributed by atoms with Crippen molar-refractivity contribution in [1.82, 2.24) is 13.9 Å². The fraction of sp³-hybridized carbons (Fsp3) is 0.800. The third kappa shape index (κ3) is 2.66. The number of carboxylic acid groups (broad SMARTS) is 1. The molecule has 2 amide bonds. The van der Waals surface area contributed by atoms with Crippen LogP contribution < -0.4 is 4.72 Å². The van der Waals surface area contributed by atoms with Crippen molar-refractivity contribution in [3.05, 3.63) is 0 Å². The first-order valence-corrected chi connectivity index (χ1v) is 7.43. The molecule has 0 aromatic rings. The molecule has 2 fully saturated rings. The molecule has 0 aromatic heterocycles. The Bertz CT molecular complexity index is 503. The predicted molar refractivity (Wildman–Crippen MR) is 65.5 cm³/mol. The smallest absolute Gasteiger partial charge is 0.419 e. The normalized spacial score (nSPS) is 33.2. The molecule has 2 aliphatic rings. The van der Waals surface area contributed by atoms with Gasteiger partial charge in [-0.2, -0.15) is 12.7 Å². The molecule has 1 aliphatic carbocycles. The first-order valence-electron chi connectivity index (χ1n) is 5.99. The third-order valence-electron chi connectivity index (χ3n) is 3.63. The lowest BCUT2D eigenvalue weighted by atomic mass is 9.88. The van der Waals surface area contributed by atoms with Crippen molar-refractivity contribution in [2.75, 3.05) is 14.1 Å². The van der Waals surface area contributed by atoms with E-state index in [1.807, 2.05) is 0 Å². The number of carbonyl (C=O) groups excluding carboxylic acids is 1. The second kappa shape index (κ2) is 4.64. The molecular weight excluding hydrogens is 274 g/mol. The van der Waals surface area contributed by atoms with Crippen molar-refractivity contribution < 1.29 is 23.1 Å². The average molecular weight is 291 g/mol. The molecular formula is C10H17N3O5S. The Morgan fingerprint density at radius 3 is 2.42 bits per heavy atom. The molecule has 2 rings (SSSR count). The van der Waals surface area contributed by atoms with E-state index in [0.717, 1.165) is 4.31 Å². The van der Waals surface area contributed by atoms with Crippen LogP contribution in [0.15, 0.2) is 0 Å². The number of nitrogens with zero attached hydrogens (tertiary/aromatic N) is 2. The summed E-state index contributed by atoms with van der Waals surface area (Å²) in [5, 5.41) is 8.49. The molecule has 0 aromatic carbocycles. The Labute approximate surface area is 111 Å². The van der Waals surface area contributed by atoms with E-state index in [1.165, 1.54) is 9.62 Å². The van der Waals surface area contributed by atoms with Gasteiger partial charge in [-0.05, 0) is 19.3 Å². The van der Waals surface area contributed by atoms with E-state index in [0.29, 0.717) is 19.3 Å². The first kappa shape index (κ1) is 14.1. The third-order valence-corrected chi connectivity index (χ3v) is 5.16. The zero-order valence-electron chi connectivity index (χ0n) is 10.7. The molecule has 0 bridgehead atoms. The summed E-state index contributed by atoms with van der Waals surface area (Å²) in [5.41, 5.74) is 0. The van der Waals surface area contributed by atoms with Crippen LogP contribution in [0, 0.1) is 5.92 Å². The van der Waals surface area contributed by atoms with Gasteiger partial charge in [0.1, 0.15) is 0 Å². The zero-order chi connectivity index (χ0) is 14.4. The van der Waals surface area contributed by atoms with Crippen molar-refractivity contribution in [2.24, 2.45) is 5.92 Å². The van der Waals surface area contributed by atoms with Gasteiger partial charge in [0.15, 0.2) is 0 Å². The molecule has 1 aliphatic heterocycles. The van der Waals surface area contributed by atoms with Gasteiger partial charge in [-0.1, -0.05) is 0 Å². The Morgan fingerprint density at radius 1 is 1.26 bits per heavy atom. The Hall–Kier alpha value is -1.35. The maximum Gasteiger partial charge on any atom is 0.419 e. The Kier molecular flexibility index (Phi) is 3.43. The zero-order valence-corrected chi connectivity index (χ0v) is 11.6. The van der Waals surface area contributed by atoms with Gasteiger partial charge in [-0.15, -0.1) is 0 Å². The SMILES string of the molecule is CN(C)C(=O)[C@H]1CC[C@@H]2[C@H](C1)N2S(=O)(=O)NC(=O)O. The molecule has 9 heteroatoms. The maximum absolute atomic E-state index is 11.8. The Balaban J connectivity index is 2.02. The summed E-state index contributed by atoms with van der Waals surface area (Å²) in [6.45, 7) is 0. The minimum atomic E-state index is -3.98. The minimum Gasteiger partial charge on any atom is -0.464 e. The molecule has 1 saturated heterocycles. The largest absolute Gasteiger partial charge is 0.464 e. The lowest BCUT2D eigenvalue weighted by Crippen LogP contribution is -2.35. The number of rotatable bonds is 3. The van der Waals surface area contributed by atoms with E-state index in [-0.39, 0.29) is 23.9 Å². The lowest BCUT2D eigenvalue weighted by molar-refractivity contribution is -0.133. The summed E-state index contributed by atoms with van der Waals surface area (Å²) in [7, 11) is -0.642. The van der Waals surface area contributed by atoms with Gasteiger partial charge < -0.3 is 10.0 Å². The minimum absolute atomic E-state index is 0.00566. The number of amides is 2. The maximum atomic E-state index is 11.8. The lowest BCUT2D eigenvalue weighted by Gasteiger charge is -2.22. The van der Waals surface area contributed by atoms with Crippen molar-refractivity contribution in [1.29, 1.82) is 0 Å². The highest BCUT2D eigenvalue weighted by Gasteiger charge is 2.58. The van der Waals surface area contributed by atoms with Gasteiger partial charge in [-0.25, -0.2) is 9.52 Å². The van der Waals surface area contributed by atoms with Gasteiger partial charge in [0.05, 0.1) is 0 Å². The molecule has 19 heavy (non-hydrogen) atoms. The van der Waals surface area contributed by atoms with E-state index >= 15 is 0 Å². The highest BCUT2D eigenvalue weighted by Crippen LogP contribution is 2.44. The van der Waals surface area contributed by atoms with Gasteiger partial charge in [0.25, 0.3) is 0 Å². The number of hydrogen-bond acceptors (Lipinski definition) is 4. The summed E-state index contributed by atoms with van der Waals surface area (Å²) >= 11 is 0. The molecule has 1 unspecified atom stereocenters. The molecule has 1 heterocycles. The highest BCUT2D eigenvalue weighted by atomic mass is 32.2. The Morgan fingerprint density at radius 2 is 1.89 bits per heavy atom. The van der Waals surface area contributed by atoms with Crippen LogP contribution in [-0.4, -0.2) is 60.9 Å². The van der Waals surface area contributed by atoms with Crippen LogP contribution >= 0.6 is 0 Å². The average Bonchev–Trinajstić information content (AvgIpc) is 2.99. The van der Waals surface area contributed by atoms with E-state index < -0.39 is 16.3 Å². The van der Waals surface area contributed by atoms with Gasteiger partial charge in [0, 0.05) is 32.1 Å².